The number of rotatable bonds is 7. The molecule has 6 heteroatoms. The normalized spacial score (nSPS) is 15.6. The van der Waals surface area contributed by atoms with E-state index in [1.807, 2.05) is 13.0 Å². The molecule has 2 rings (SSSR count). The second-order valence-corrected chi connectivity index (χ2v) is 7.40. The number of likely N-dealkylation sites (N-methyl/N-ethyl adjacent to an activating group) is 1. The third kappa shape index (κ3) is 3.75. The largest absolute Gasteiger partial charge is 0.397 e. The number of aryl methyl sites for hydroxylation is 2. The first-order valence-electron chi connectivity index (χ1n) is 7.46. The van der Waals surface area contributed by atoms with Crippen LogP contribution in [0.3, 0.4) is 0 Å². The van der Waals surface area contributed by atoms with Gasteiger partial charge in [-0.1, -0.05) is 19.1 Å². The zero-order chi connectivity index (χ0) is 15.6. The van der Waals surface area contributed by atoms with Crippen LogP contribution in [0.1, 0.15) is 30.9 Å². The van der Waals surface area contributed by atoms with Crippen LogP contribution in [0.15, 0.2) is 17.0 Å². The number of nitrogens with zero attached hydrogens (tertiary/aromatic N) is 1. The maximum absolute atomic E-state index is 12.5. The number of benzene rings is 1. The fourth-order valence-electron chi connectivity index (χ4n) is 2.60. The number of hydrogen-bond donors (Lipinski definition) is 2. The quantitative estimate of drug-likeness (QED) is 0.751. The smallest absolute Gasteiger partial charge is 0.242 e. The Labute approximate surface area is 127 Å². The maximum Gasteiger partial charge on any atom is 0.242 e. The molecular weight excluding hydrogens is 286 g/mol. The second-order valence-electron chi connectivity index (χ2n) is 5.70. The maximum atomic E-state index is 12.5. The van der Waals surface area contributed by atoms with Crippen LogP contribution in [0, 0.1) is 13.8 Å². The first-order chi connectivity index (χ1) is 9.86. The highest BCUT2D eigenvalue weighted by Crippen LogP contribution is 2.27. The molecule has 0 unspecified atom stereocenters. The van der Waals surface area contributed by atoms with E-state index >= 15 is 0 Å². The molecule has 1 fully saturated rings. The summed E-state index contributed by atoms with van der Waals surface area (Å²) in [7, 11) is -3.55. The second kappa shape index (κ2) is 6.34. The third-order valence-electron chi connectivity index (χ3n) is 4.04. The van der Waals surface area contributed by atoms with Gasteiger partial charge in [0, 0.05) is 19.1 Å². The Balaban J connectivity index is 2.06. The fourth-order valence-corrected chi connectivity index (χ4v) is 4.04. The molecule has 1 aliphatic rings. The van der Waals surface area contributed by atoms with Crippen molar-refractivity contribution < 1.29 is 8.42 Å². The molecule has 0 aromatic heterocycles. The molecule has 1 saturated carbocycles. The standard InChI is InChI=1S/C15H25N3O2S/c1-4-18(13-7-8-13)10-9-17-21(19,20)15-12(3)6-5-11(2)14(15)16/h5-6,13,17H,4,7-10,16H2,1-3H3. The highest BCUT2D eigenvalue weighted by atomic mass is 32.2. The van der Waals surface area contributed by atoms with Crippen molar-refractivity contribution in [1.82, 2.24) is 9.62 Å². The van der Waals surface area contributed by atoms with E-state index in [4.69, 9.17) is 5.73 Å². The van der Waals surface area contributed by atoms with Crippen molar-refractivity contribution >= 4 is 15.7 Å². The Bertz CT molecular complexity index is 610. The lowest BCUT2D eigenvalue weighted by Gasteiger charge is -2.20. The minimum atomic E-state index is -3.55. The zero-order valence-electron chi connectivity index (χ0n) is 13.0. The number of sulfonamides is 1. The molecule has 1 aliphatic carbocycles. The van der Waals surface area contributed by atoms with Crippen molar-refractivity contribution in [2.75, 3.05) is 25.4 Å². The average molecular weight is 311 g/mol. The SMILES string of the molecule is CCN(CCNS(=O)(=O)c1c(C)ccc(C)c1N)C1CC1. The van der Waals surface area contributed by atoms with Crippen LogP contribution in [0.4, 0.5) is 5.69 Å². The molecule has 0 radical (unpaired) electrons. The molecule has 0 saturated heterocycles. The lowest BCUT2D eigenvalue weighted by molar-refractivity contribution is 0.282. The summed E-state index contributed by atoms with van der Waals surface area (Å²) >= 11 is 0. The summed E-state index contributed by atoms with van der Waals surface area (Å²) < 4.78 is 27.6. The van der Waals surface area contributed by atoms with Gasteiger partial charge in [-0.3, -0.25) is 4.90 Å². The lowest BCUT2D eigenvalue weighted by Crippen LogP contribution is -2.36. The van der Waals surface area contributed by atoms with Gasteiger partial charge in [0.1, 0.15) is 4.90 Å². The van der Waals surface area contributed by atoms with Crippen LogP contribution in [0.5, 0.6) is 0 Å². The van der Waals surface area contributed by atoms with E-state index in [-0.39, 0.29) is 4.90 Å². The van der Waals surface area contributed by atoms with Crippen LogP contribution < -0.4 is 10.5 Å². The summed E-state index contributed by atoms with van der Waals surface area (Å²) in [4.78, 5) is 2.53. The first kappa shape index (κ1) is 16.3. The molecule has 3 N–H and O–H groups in total. The third-order valence-corrected chi connectivity index (χ3v) is 5.70. The van der Waals surface area contributed by atoms with Gasteiger partial charge in [-0.25, -0.2) is 13.1 Å². The molecule has 0 aliphatic heterocycles. The van der Waals surface area contributed by atoms with Gasteiger partial charge in [0.15, 0.2) is 0 Å². The summed E-state index contributed by atoms with van der Waals surface area (Å²) in [6.07, 6.45) is 2.45. The van der Waals surface area contributed by atoms with E-state index in [2.05, 4.69) is 16.5 Å². The van der Waals surface area contributed by atoms with Crippen LogP contribution in [-0.2, 0) is 10.0 Å². The van der Waals surface area contributed by atoms with Crippen LogP contribution in [0.25, 0.3) is 0 Å². The zero-order valence-corrected chi connectivity index (χ0v) is 13.8. The lowest BCUT2D eigenvalue weighted by atomic mass is 10.1. The molecule has 21 heavy (non-hydrogen) atoms. The molecule has 0 spiro atoms. The summed E-state index contributed by atoms with van der Waals surface area (Å²) in [5.74, 6) is 0. The number of hydrogen-bond acceptors (Lipinski definition) is 4. The Kier molecular flexibility index (Phi) is 4.91. The highest BCUT2D eigenvalue weighted by molar-refractivity contribution is 7.89. The number of nitrogens with one attached hydrogen (secondary N) is 1. The molecule has 0 heterocycles. The van der Waals surface area contributed by atoms with Crippen molar-refractivity contribution in [3.8, 4) is 0 Å². The predicted octanol–water partition coefficient (Wildman–Crippen LogP) is 1.65. The molecular formula is C15H25N3O2S. The Hall–Kier alpha value is -1.11. The van der Waals surface area contributed by atoms with E-state index in [0.717, 1.165) is 18.7 Å². The van der Waals surface area contributed by atoms with Gasteiger partial charge in [-0.15, -0.1) is 0 Å². The van der Waals surface area contributed by atoms with Crippen LogP contribution in [0.2, 0.25) is 0 Å². The van der Waals surface area contributed by atoms with Gasteiger partial charge in [0.2, 0.25) is 10.0 Å². The summed E-state index contributed by atoms with van der Waals surface area (Å²) in [5, 5.41) is 0. The van der Waals surface area contributed by atoms with Gasteiger partial charge in [-0.2, -0.15) is 0 Å². The molecule has 0 atom stereocenters. The first-order valence-corrected chi connectivity index (χ1v) is 8.94. The van der Waals surface area contributed by atoms with Crippen molar-refractivity contribution in [3.05, 3.63) is 23.3 Å². The van der Waals surface area contributed by atoms with Crippen LogP contribution >= 0.6 is 0 Å². The van der Waals surface area contributed by atoms with Gasteiger partial charge >= 0.3 is 0 Å². The molecule has 5 nitrogen and oxygen atoms in total. The van der Waals surface area contributed by atoms with E-state index in [1.165, 1.54) is 12.8 Å². The molecule has 1 aromatic carbocycles. The number of nitrogen functional groups attached to an aromatic ring is 1. The van der Waals surface area contributed by atoms with Gasteiger partial charge < -0.3 is 5.73 Å². The van der Waals surface area contributed by atoms with Gasteiger partial charge in [-0.05, 0) is 44.4 Å². The minimum Gasteiger partial charge on any atom is -0.397 e. The van der Waals surface area contributed by atoms with Gasteiger partial charge in [0.25, 0.3) is 0 Å². The Morgan fingerprint density at radius 2 is 1.90 bits per heavy atom. The molecule has 1 aromatic rings. The number of nitrogens with two attached hydrogens (primary N) is 1. The minimum absolute atomic E-state index is 0.219. The van der Waals surface area contributed by atoms with Crippen molar-refractivity contribution in [2.45, 2.75) is 44.6 Å². The van der Waals surface area contributed by atoms with Gasteiger partial charge in [0.05, 0.1) is 5.69 Å². The summed E-state index contributed by atoms with van der Waals surface area (Å²) in [6, 6.07) is 4.28. The molecule has 118 valence electrons. The van der Waals surface area contributed by atoms with Crippen LogP contribution in [-0.4, -0.2) is 39.0 Å². The Morgan fingerprint density at radius 1 is 1.29 bits per heavy atom. The van der Waals surface area contributed by atoms with E-state index in [1.54, 1.807) is 13.0 Å². The van der Waals surface area contributed by atoms with E-state index in [9.17, 15) is 8.42 Å². The Morgan fingerprint density at radius 3 is 2.48 bits per heavy atom. The molecule has 0 bridgehead atoms. The molecule has 0 amide bonds. The van der Waals surface area contributed by atoms with Crippen molar-refractivity contribution in [2.24, 2.45) is 0 Å². The summed E-state index contributed by atoms with van der Waals surface area (Å²) in [5.41, 5.74) is 7.77. The topological polar surface area (TPSA) is 75.4 Å². The number of anilines is 1. The average Bonchev–Trinajstić information content (AvgIpc) is 3.23. The monoisotopic (exact) mass is 311 g/mol. The fraction of sp³-hybridized carbons (Fsp3) is 0.600. The summed E-state index contributed by atoms with van der Waals surface area (Å²) in [6.45, 7) is 7.81. The van der Waals surface area contributed by atoms with E-state index in [0.29, 0.717) is 23.8 Å². The predicted molar refractivity (Wildman–Crippen MR) is 85.8 cm³/mol. The van der Waals surface area contributed by atoms with E-state index < -0.39 is 10.0 Å². The van der Waals surface area contributed by atoms with Crippen molar-refractivity contribution in [3.63, 3.8) is 0 Å². The van der Waals surface area contributed by atoms with Crippen molar-refractivity contribution in [1.29, 1.82) is 0 Å². The highest BCUT2D eigenvalue weighted by Gasteiger charge is 2.28.